The van der Waals surface area contributed by atoms with Crippen molar-refractivity contribution in [2.45, 2.75) is 51.9 Å². The van der Waals surface area contributed by atoms with E-state index in [9.17, 15) is 15.0 Å². The molecule has 2 atom stereocenters. The molecule has 6 heteroatoms. The van der Waals surface area contributed by atoms with E-state index in [0.29, 0.717) is 11.1 Å². The van der Waals surface area contributed by atoms with Gasteiger partial charge in [-0.25, -0.2) is 4.79 Å². The van der Waals surface area contributed by atoms with E-state index in [1.807, 2.05) is 13.0 Å². The number of aliphatic hydroxyl groups excluding tert-OH is 2. The number of hydrogen-bond donors (Lipinski definition) is 3. The molecule has 2 unspecified atom stereocenters. The first-order valence-corrected chi connectivity index (χ1v) is 7.47. The highest BCUT2D eigenvalue weighted by molar-refractivity contribution is 5.67. The quantitative estimate of drug-likeness (QED) is 0.771. The van der Waals surface area contributed by atoms with Crippen LogP contribution in [0.2, 0.25) is 0 Å². The Morgan fingerprint density at radius 1 is 1.39 bits per heavy atom. The maximum absolute atomic E-state index is 11.5. The molecule has 0 fully saturated rings. The Labute approximate surface area is 136 Å². The van der Waals surface area contributed by atoms with E-state index in [1.54, 1.807) is 39.0 Å². The summed E-state index contributed by atoms with van der Waals surface area (Å²) in [6.45, 7) is 7.27. The summed E-state index contributed by atoms with van der Waals surface area (Å²) in [5.41, 5.74) is 1.02. The predicted molar refractivity (Wildman–Crippen MR) is 85.7 cm³/mol. The van der Waals surface area contributed by atoms with Gasteiger partial charge in [-0.3, -0.25) is 0 Å². The molecule has 0 spiro atoms. The van der Waals surface area contributed by atoms with Crippen molar-refractivity contribution >= 4 is 6.09 Å². The van der Waals surface area contributed by atoms with Crippen LogP contribution in [0.3, 0.4) is 0 Å². The third-order valence-electron chi connectivity index (χ3n) is 3.12. The van der Waals surface area contributed by atoms with Crippen LogP contribution in [-0.4, -0.2) is 34.6 Å². The van der Waals surface area contributed by atoms with Crippen LogP contribution < -0.4 is 5.32 Å². The monoisotopic (exact) mass is 320 g/mol. The standard InChI is InChI=1S/C17H24N2O4/c1-11-5-6-13(12(9-11)10-18)15(21)14(20)7-8-19-16(22)23-17(2,3)4/h5-6,9,14-15,20-21H,7-8H2,1-4H3,(H,19,22). The molecule has 23 heavy (non-hydrogen) atoms. The van der Waals surface area contributed by atoms with E-state index in [4.69, 9.17) is 10.00 Å². The van der Waals surface area contributed by atoms with E-state index in [2.05, 4.69) is 5.32 Å². The summed E-state index contributed by atoms with van der Waals surface area (Å²) in [4.78, 5) is 11.5. The third-order valence-corrected chi connectivity index (χ3v) is 3.12. The maximum Gasteiger partial charge on any atom is 0.407 e. The Bertz CT molecular complexity index is 587. The van der Waals surface area contributed by atoms with Crippen molar-refractivity contribution in [2.75, 3.05) is 6.54 Å². The van der Waals surface area contributed by atoms with Gasteiger partial charge in [0.05, 0.1) is 17.7 Å². The highest BCUT2D eigenvalue weighted by Gasteiger charge is 2.22. The van der Waals surface area contributed by atoms with Gasteiger partial charge in [-0.05, 0) is 45.7 Å². The lowest BCUT2D eigenvalue weighted by Gasteiger charge is -2.21. The summed E-state index contributed by atoms with van der Waals surface area (Å²) < 4.78 is 5.08. The van der Waals surface area contributed by atoms with Crippen molar-refractivity contribution < 1.29 is 19.7 Å². The zero-order valence-electron chi connectivity index (χ0n) is 14.0. The summed E-state index contributed by atoms with van der Waals surface area (Å²) in [7, 11) is 0. The highest BCUT2D eigenvalue weighted by atomic mass is 16.6. The average molecular weight is 320 g/mol. The summed E-state index contributed by atoms with van der Waals surface area (Å²) in [6, 6.07) is 7.07. The Morgan fingerprint density at radius 2 is 2.04 bits per heavy atom. The zero-order valence-corrected chi connectivity index (χ0v) is 14.0. The number of aryl methyl sites for hydroxylation is 1. The van der Waals surface area contributed by atoms with E-state index < -0.39 is 23.9 Å². The van der Waals surface area contributed by atoms with Gasteiger partial charge in [0.1, 0.15) is 11.7 Å². The Balaban J connectivity index is 2.57. The summed E-state index contributed by atoms with van der Waals surface area (Å²) >= 11 is 0. The number of hydrogen-bond acceptors (Lipinski definition) is 5. The van der Waals surface area contributed by atoms with Crippen molar-refractivity contribution in [1.82, 2.24) is 5.32 Å². The second-order valence-corrected chi connectivity index (χ2v) is 6.43. The van der Waals surface area contributed by atoms with Gasteiger partial charge in [0.15, 0.2) is 0 Å². The Hall–Kier alpha value is -2.10. The molecular weight excluding hydrogens is 296 g/mol. The molecule has 126 valence electrons. The normalized spacial score (nSPS) is 13.8. The smallest absolute Gasteiger partial charge is 0.407 e. The summed E-state index contributed by atoms with van der Waals surface area (Å²) in [5, 5.41) is 31.9. The first-order chi connectivity index (χ1) is 10.6. The van der Waals surface area contributed by atoms with E-state index in [0.717, 1.165) is 5.56 Å². The lowest BCUT2D eigenvalue weighted by Crippen LogP contribution is -2.34. The van der Waals surface area contributed by atoms with Crippen LogP contribution in [-0.2, 0) is 4.74 Å². The number of ether oxygens (including phenoxy) is 1. The Kier molecular flexibility index (Phi) is 6.55. The fraction of sp³-hybridized carbons (Fsp3) is 0.529. The van der Waals surface area contributed by atoms with Crippen molar-refractivity contribution in [3.8, 4) is 6.07 Å². The highest BCUT2D eigenvalue weighted by Crippen LogP contribution is 2.23. The fourth-order valence-corrected chi connectivity index (χ4v) is 2.03. The van der Waals surface area contributed by atoms with Gasteiger partial charge in [0, 0.05) is 12.1 Å². The minimum Gasteiger partial charge on any atom is -0.444 e. The van der Waals surface area contributed by atoms with Gasteiger partial charge in [0.2, 0.25) is 0 Å². The summed E-state index contributed by atoms with van der Waals surface area (Å²) in [5.74, 6) is 0. The molecule has 0 saturated carbocycles. The van der Waals surface area contributed by atoms with Crippen molar-refractivity contribution in [3.05, 3.63) is 34.9 Å². The minimum atomic E-state index is -1.19. The maximum atomic E-state index is 11.5. The molecule has 0 radical (unpaired) electrons. The number of amides is 1. The van der Waals surface area contributed by atoms with Crippen LogP contribution in [0.1, 0.15) is 50.0 Å². The lowest BCUT2D eigenvalue weighted by atomic mass is 9.96. The van der Waals surface area contributed by atoms with Gasteiger partial charge in [0.25, 0.3) is 0 Å². The number of aliphatic hydroxyl groups is 2. The van der Waals surface area contributed by atoms with Crippen LogP contribution >= 0.6 is 0 Å². The molecule has 0 saturated heterocycles. The SMILES string of the molecule is Cc1ccc(C(O)C(O)CCNC(=O)OC(C)(C)C)c(C#N)c1. The number of nitrogens with one attached hydrogen (secondary N) is 1. The first kappa shape index (κ1) is 18.9. The molecule has 0 aliphatic heterocycles. The second kappa shape index (κ2) is 7.95. The van der Waals surface area contributed by atoms with Gasteiger partial charge < -0.3 is 20.3 Å². The number of nitrogens with zero attached hydrogens (tertiary/aromatic N) is 1. The molecule has 3 N–H and O–H groups in total. The Morgan fingerprint density at radius 3 is 2.61 bits per heavy atom. The lowest BCUT2D eigenvalue weighted by molar-refractivity contribution is 0.0121. The fourth-order valence-electron chi connectivity index (χ4n) is 2.03. The average Bonchev–Trinajstić information content (AvgIpc) is 2.44. The molecule has 0 heterocycles. The zero-order chi connectivity index (χ0) is 17.6. The third kappa shape index (κ3) is 6.27. The van der Waals surface area contributed by atoms with Crippen molar-refractivity contribution in [1.29, 1.82) is 5.26 Å². The number of benzene rings is 1. The molecule has 0 bridgehead atoms. The van der Waals surface area contributed by atoms with E-state index in [1.165, 1.54) is 0 Å². The number of carbonyl (C=O) groups is 1. The van der Waals surface area contributed by atoms with E-state index >= 15 is 0 Å². The van der Waals surface area contributed by atoms with Crippen LogP contribution in [0.15, 0.2) is 18.2 Å². The number of alkyl carbamates (subject to hydrolysis) is 1. The molecule has 1 aromatic rings. The second-order valence-electron chi connectivity index (χ2n) is 6.43. The van der Waals surface area contributed by atoms with Crippen molar-refractivity contribution in [3.63, 3.8) is 0 Å². The van der Waals surface area contributed by atoms with Crippen LogP contribution in [0.4, 0.5) is 4.79 Å². The number of carbonyl (C=O) groups excluding carboxylic acids is 1. The van der Waals surface area contributed by atoms with Crippen LogP contribution in [0.25, 0.3) is 0 Å². The van der Waals surface area contributed by atoms with Crippen molar-refractivity contribution in [2.24, 2.45) is 0 Å². The van der Waals surface area contributed by atoms with Crippen LogP contribution in [0.5, 0.6) is 0 Å². The topological polar surface area (TPSA) is 103 Å². The molecule has 0 aromatic heterocycles. The number of nitriles is 1. The van der Waals surface area contributed by atoms with Gasteiger partial charge in [-0.2, -0.15) is 5.26 Å². The van der Waals surface area contributed by atoms with Gasteiger partial charge >= 0.3 is 6.09 Å². The minimum absolute atomic E-state index is 0.138. The molecular formula is C17H24N2O4. The molecule has 1 amide bonds. The molecule has 1 rings (SSSR count). The van der Waals surface area contributed by atoms with Gasteiger partial charge in [-0.15, -0.1) is 0 Å². The summed E-state index contributed by atoms with van der Waals surface area (Å²) in [6.07, 6.45) is -2.73. The first-order valence-electron chi connectivity index (χ1n) is 7.47. The molecule has 0 aliphatic rings. The number of rotatable bonds is 5. The largest absolute Gasteiger partial charge is 0.444 e. The molecule has 1 aromatic carbocycles. The van der Waals surface area contributed by atoms with E-state index in [-0.39, 0.29) is 13.0 Å². The molecule has 0 aliphatic carbocycles. The predicted octanol–water partition coefficient (Wildman–Crippen LogP) is 2.18. The molecule has 6 nitrogen and oxygen atoms in total. The van der Waals surface area contributed by atoms with Crippen LogP contribution in [0, 0.1) is 18.3 Å². The van der Waals surface area contributed by atoms with Gasteiger partial charge in [-0.1, -0.05) is 12.1 Å².